The first-order valence-corrected chi connectivity index (χ1v) is 10.5. The van der Waals surface area contributed by atoms with Crippen LogP contribution in [0.4, 0.5) is 0 Å². The van der Waals surface area contributed by atoms with Crippen molar-refractivity contribution in [1.82, 2.24) is 4.57 Å². The molecule has 0 unspecified atom stereocenters. The summed E-state index contributed by atoms with van der Waals surface area (Å²) in [4.78, 5) is 0. The van der Waals surface area contributed by atoms with Gasteiger partial charge in [-0.1, -0.05) is 64.6 Å². The van der Waals surface area contributed by atoms with Gasteiger partial charge in [0.2, 0.25) is 0 Å². The fourth-order valence-electron chi connectivity index (χ4n) is 3.32. The first kappa shape index (κ1) is 17.2. The third-order valence-electron chi connectivity index (χ3n) is 4.42. The molecule has 0 aliphatic carbocycles. The fraction of sp³-hybridized carbons (Fsp3) is 0.556. The zero-order valence-electron chi connectivity index (χ0n) is 13.8. The van der Waals surface area contributed by atoms with Gasteiger partial charge in [-0.3, -0.25) is 0 Å². The average molecular weight is 290 g/mol. The van der Waals surface area contributed by atoms with Crippen LogP contribution in [0, 0.1) is 0 Å². The molecule has 0 aromatic heterocycles. The summed E-state index contributed by atoms with van der Waals surface area (Å²) in [5.41, 5.74) is 1.26. The Morgan fingerprint density at radius 2 is 1.65 bits per heavy atom. The molecule has 0 saturated heterocycles. The van der Waals surface area contributed by atoms with Crippen molar-refractivity contribution in [3.8, 4) is 0 Å². The SMILES string of the molecule is C=Cc1cccc([Si](CC)(CC)N(CCC)CCC)c1. The van der Waals surface area contributed by atoms with Gasteiger partial charge in [0.15, 0.2) is 8.24 Å². The van der Waals surface area contributed by atoms with Crippen LogP contribution in [0.15, 0.2) is 30.8 Å². The molecule has 0 fully saturated rings. The molecule has 0 saturated carbocycles. The smallest absolute Gasteiger partial charge is 0.159 e. The van der Waals surface area contributed by atoms with Crippen molar-refractivity contribution < 1.29 is 0 Å². The molecule has 0 amide bonds. The highest BCUT2D eigenvalue weighted by molar-refractivity contribution is 6.89. The second-order valence-corrected chi connectivity index (χ2v) is 10.2. The van der Waals surface area contributed by atoms with Crippen LogP contribution in [0.1, 0.15) is 46.1 Å². The summed E-state index contributed by atoms with van der Waals surface area (Å²) < 4.78 is 2.83. The van der Waals surface area contributed by atoms with E-state index in [1.807, 2.05) is 6.08 Å². The monoisotopic (exact) mass is 289 g/mol. The van der Waals surface area contributed by atoms with Gasteiger partial charge in [0.1, 0.15) is 0 Å². The molecule has 2 heteroatoms. The van der Waals surface area contributed by atoms with Gasteiger partial charge in [-0.25, -0.2) is 0 Å². The molecule has 0 aliphatic rings. The van der Waals surface area contributed by atoms with E-state index in [2.05, 4.69) is 63.1 Å². The van der Waals surface area contributed by atoms with Gasteiger partial charge in [-0.05, 0) is 48.8 Å². The van der Waals surface area contributed by atoms with Crippen LogP contribution >= 0.6 is 0 Å². The average Bonchev–Trinajstić information content (AvgIpc) is 2.50. The predicted octanol–water partition coefficient (Wildman–Crippen LogP) is 4.64. The first-order chi connectivity index (χ1) is 9.68. The summed E-state index contributed by atoms with van der Waals surface area (Å²) in [7, 11) is -1.55. The second-order valence-electron chi connectivity index (χ2n) is 5.56. The number of nitrogens with zero attached hydrogens (tertiary/aromatic N) is 1. The minimum atomic E-state index is -1.55. The lowest BCUT2D eigenvalue weighted by molar-refractivity contribution is 0.417. The van der Waals surface area contributed by atoms with Crippen molar-refractivity contribution in [3.63, 3.8) is 0 Å². The minimum Gasteiger partial charge on any atom is -0.320 e. The molecule has 0 heterocycles. The van der Waals surface area contributed by atoms with Gasteiger partial charge in [-0.2, -0.15) is 0 Å². The van der Waals surface area contributed by atoms with Crippen LogP contribution in [-0.2, 0) is 0 Å². The zero-order valence-corrected chi connectivity index (χ0v) is 14.8. The van der Waals surface area contributed by atoms with Crippen molar-refractivity contribution in [2.24, 2.45) is 0 Å². The van der Waals surface area contributed by atoms with Crippen LogP contribution in [-0.4, -0.2) is 25.9 Å². The Bertz CT molecular complexity index is 404. The Kier molecular flexibility index (Phi) is 7.24. The molecule has 0 atom stereocenters. The van der Waals surface area contributed by atoms with E-state index in [-0.39, 0.29) is 0 Å². The van der Waals surface area contributed by atoms with Crippen LogP contribution in [0.2, 0.25) is 12.1 Å². The molecule has 112 valence electrons. The van der Waals surface area contributed by atoms with E-state index in [1.54, 1.807) is 5.19 Å². The maximum absolute atomic E-state index is 3.93. The molecular weight excluding hydrogens is 258 g/mol. The summed E-state index contributed by atoms with van der Waals surface area (Å²) >= 11 is 0. The molecule has 1 nitrogen and oxygen atoms in total. The maximum atomic E-state index is 3.93. The molecule has 0 spiro atoms. The summed E-state index contributed by atoms with van der Waals surface area (Å²) in [6.07, 6.45) is 4.46. The standard InChI is InChI=1S/C18H31NSi/c1-6-14-19(15-7-2)20(9-4,10-5)18-13-11-12-17(8-3)16-18/h8,11-13,16H,3,6-7,9-10,14-15H2,1-2,4-5H3. The van der Waals surface area contributed by atoms with Crippen LogP contribution in [0.25, 0.3) is 6.08 Å². The third kappa shape index (κ3) is 3.61. The second kappa shape index (κ2) is 8.43. The van der Waals surface area contributed by atoms with Crippen LogP contribution in [0.5, 0.6) is 0 Å². The van der Waals surface area contributed by atoms with Crippen molar-refractivity contribution in [2.45, 2.75) is 52.6 Å². The number of rotatable bonds is 9. The Morgan fingerprint density at radius 1 is 1.05 bits per heavy atom. The highest BCUT2D eigenvalue weighted by Crippen LogP contribution is 2.22. The van der Waals surface area contributed by atoms with E-state index in [0.29, 0.717) is 0 Å². The molecule has 0 radical (unpaired) electrons. The van der Waals surface area contributed by atoms with Crippen molar-refractivity contribution in [3.05, 3.63) is 36.4 Å². The Hall–Kier alpha value is -0.863. The Labute approximate surface area is 126 Å². The molecule has 0 aliphatic heterocycles. The summed E-state index contributed by atoms with van der Waals surface area (Å²) in [6.45, 7) is 15.8. The highest BCUT2D eigenvalue weighted by Gasteiger charge is 2.37. The quantitative estimate of drug-likeness (QED) is 0.598. The lowest BCUT2D eigenvalue weighted by Gasteiger charge is -2.42. The normalized spacial score (nSPS) is 11.8. The van der Waals surface area contributed by atoms with Crippen LogP contribution < -0.4 is 5.19 Å². The van der Waals surface area contributed by atoms with E-state index in [9.17, 15) is 0 Å². The van der Waals surface area contributed by atoms with E-state index in [1.165, 1.54) is 43.6 Å². The fourth-order valence-corrected chi connectivity index (χ4v) is 8.04. The molecular formula is C18H31NSi. The molecule has 1 aromatic carbocycles. The van der Waals surface area contributed by atoms with Gasteiger partial charge in [0, 0.05) is 0 Å². The number of hydrogen-bond donors (Lipinski definition) is 0. The van der Waals surface area contributed by atoms with Gasteiger partial charge >= 0.3 is 0 Å². The lowest BCUT2D eigenvalue weighted by atomic mass is 10.2. The van der Waals surface area contributed by atoms with Gasteiger partial charge in [0.05, 0.1) is 0 Å². The van der Waals surface area contributed by atoms with E-state index < -0.39 is 8.24 Å². The van der Waals surface area contributed by atoms with E-state index >= 15 is 0 Å². The third-order valence-corrected chi connectivity index (χ3v) is 9.80. The Balaban J connectivity index is 3.25. The summed E-state index contributed by atoms with van der Waals surface area (Å²) in [5, 5.41) is 1.59. The number of hydrogen-bond acceptors (Lipinski definition) is 1. The van der Waals surface area contributed by atoms with Crippen molar-refractivity contribution in [1.29, 1.82) is 0 Å². The van der Waals surface area contributed by atoms with E-state index in [4.69, 9.17) is 0 Å². The van der Waals surface area contributed by atoms with E-state index in [0.717, 1.165) is 0 Å². The zero-order chi connectivity index (χ0) is 15.0. The predicted molar refractivity (Wildman–Crippen MR) is 95.0 cm³/mol. The van der Waals surface area contributed by atoms with Crippen molar-refractivity contribution >= 4 is 19.5 Å². The van der Waals surface area contributed by atoms with Gasteiger partial charge < -0.3 is 4.57 Å². The molecule has 0 N–H and O–H groups in total. The Morgan fingerprint density at radius 3 is 2.10 bits per heavy atom. The molecule has 1 rings (SSSR count). The maximum Gasteiger partial charge on any atom is 0.159 e. The topological polar surface area (TPSA) is 3.24 Å². The van der Waals surface area contributed by atoms with Gasteiger partial charge in [0.25, 0.3) is 0 Å². The molecule has 1 aromatic rings. The summed E-state index contributed by atoms with van der Waals surface area (Å²) in [5.74, 6) is 0. The minimum absolute atomic E-state index is 1.24. The van der Waals surface area contributed by atoms with Gasteiger partial charge in [-0.15, -0.1) is 0 Å². The number of benzene rings is 1. The van der Waals surface area contributed by atoms with Crippen LogP contribution in [0.3, 0.4) is 0 Å². The molecule has 20 heavy (non-hydrogen) atoms. The summed E-state index contributed by atoms with van der Waals surface area (Å²) in [6, 6.07) is 11.7. The highest BCUT2D eigenvalue weighted by atomic mass is 28.3. The first-order valence-electron chi connectivity index (χ1n) is 8.16. The largest absolute Gasteiger partial charge is 0.320 e. The lowest BCUT2D eigenvalue weighted by Crippen LogP contribution is -2.62. The molecule has 0 bridgehead atoms. The van der Waals surface area contributed by atoms with Crippen molar-refractivity contribution in [2.75, 3.05) is 13.1 Å².